The van der Waals surface area contributed by atoms with Gasteiger partial charge in [-0.15, -0.1) is 0 Å². The zero-order valence-electron chi connectivity index (χ0n) is 22.9. The van der Waals surface area contributed by atoms with E-state index >= 15 is 0 Å². The van der Waals surface area contributed by atoms with Crippen LogP contribution in [0.1, 0.15) is 25.0 Å². The lowest BCUT2D eigenvalue weighted by Gasteiger charge is -2.21. The second kappa shape index (κ2) is 8.74. The van der Waals surface area contributed by atoms with Gasteiger partial charge in [-0.05, 0) is 57.5 Å². The second-order valence-corrected chi connectivity index (χ2v) is 11.4. The molecule has 7 aromatic rings. The van der Waals surface area contributed by atoms with Crippen LogP contribution in [0.15, 0.2) is 127 Å². The molecule has 8 rings (SSSR count). The fraction of sp³-hybridized carbons (Fsp3) is 0.0789. The van der Waals surface area contributed by atoms with E-state index in [-0.39, 0.29) is 11.2 Å². The van der Waals surface area contributed by atoms with Crippen LogP contribution in [0, 0.1) is 5.82 Å². The average Bonchev–Trinajstić information content (AvgIpc) is 3.52. The van der Waals surface area contributed by atoms with Crippen molar-refractivity contribution < 1.29 is 4.39 Å². The first kappa shape index (κ1) is 23.8. The van der Waals surface area contributed by atoms with E-state index in [9.17, 15) is 4.39 Å². The smallest absolute Gasteiger partial charge is 0.123 e. The Morgan fingerprint density at radius 3 is 2.07 bits per heavy atom. The number of nitrogens with zero attached hydrogens (tertiary/aromatic N) is 2. The highest BCUT2D eigenvalue weighted by Gasteiger charge is 2.35. The van der Waals surface area contributed by atoms with E-state index in [1.807, 2.05) is 47.0 Å². The van der Waals surface area contributed by atoms with Gasteiger partial charge in [0.25, 0.3) is 0 Å². The van der Waals surface area contributed by atoms with Gasteiger partial charge in [-0.1, -0.05) is 117 Å². The first-order valence-electron chi connectivity index (χ1n) is 14.0. The highest BCUT2D eigenvalue weighted by molar-refractivity contribution is 6.08. The Bertz CT molecular complexity index is 2120. The Morgan fingerprint density at radius 2 is 1.29 bits per heavy atom. The minimum absolute atomic E-state index is 0.0696. The monoisotopic (exact) mass is 530 g/mol. The Morgan fingerprint density at radius 1 is 0.610 bits per heavy atom. The van der Waals surface area contributed by atoms with Crippen LogP contribution in [0.25, 0.3) is 61.1 Å². The Kier molecular flexibility index (Phi) is 5.08. The van der Waals surface area contributed by atoms with Crippen LogP contribution in [0.3, 0.4) is 0 Å². The molecule has 5 aromatic carbocycles. The maximum atomic E-state index is 14.8. The number of fused-ring (bicyclic) bond motifs is 6. The van der Waals surface area contributed by atoms with Gasteiger partial charge >= 0.3 is 0 Å². The van der Waals surface area contributed by atoms with Crippen LogP contribution in [0.5, 0.6) is 0 Å². The molecular weight excluding hydrogens is 503 g/mol. The van der Waals surface area contributed by atoms with Crippen molar-refractivity contribution in [2.75, 3.05) is 0 Å². The summed E-state index contributed by atoms with van der Waals surface area (Å²) < 4.78 is 16.8. The van der Waals surface area contributed by atoms with E-state index in [2.05, 4.69) is 86.6 Å². The molecule has 1 aliphatic carbocycles. The van der Waals surface area contributed by atoms with Gasteiger partial charge < -0.3 is 0 Å². The molecule has 0 atom stereocenters. The lowest BCUT2D eigenvalue weighted by atomic mass is 9.82. The third-order valence-electron chi connectivity index (χ3n) is 8.67. The SMILES string of the molecule is CC1(C)c2ccccc2-c2cc(-c3nn4c(-c5ccccc5)cc5ccc(F)cc5c4c3-c3ccccc3)ccc21. The summed E-state index contributed by atoms with van der Waals surface area (Å²) in [5.41, 5.74) is 12.0. The maximum Gasteiger partial charge on any atom is 0.123 e. The van der Waals surface area contributed by atoms with Crippen LogP contribution in [-0.4, -0.2) is 9.61 Å². The van der Waals surface area contributed by atoms with Crippen molar-refractivity contribution in [1.82, 2.24) is 9.61 Å². The van der Waals surface area contributed by atoms with Gasteiger partial charge in [0.1, 0.15) is 11.5 Å². The first-order valence-corrected chi connectivity index (χ1v) is 14.0. The van der Waals surface area contributed by atoms with E-state index in [0.29, 0.717) is 0 Å². The number of aromatic nitrogens is 2. The molecule has 2 heterocycles. The Balaban J connectivity index is 1.50. The van der Waals surface area contributed by atoms with Crippen molar-refractivity contribution in [3.8, 4) is 44.8 Å². The minimum atomic E-state index is -0.259. The lowest BCUT2D eigenvalue weighted by Crippen LogP contribution is -2.14. The van der Waals surface area contributed by atoms with Gasteiger partial charge in [0.2, 0.25) is 0 Å². The molecule has 0 bridgehead atoms. The summed E-state index contributed by atoms with van der Waals surface area (Å²) >= 11 is 0. The summed E-state index contributed by atoms with van der Waals surface area (Å²) in [7, 11) is 0. The number of benzene rings is 5. The topological polar surface area (TPSA) is 17.3 Å². The van der Waals surface area contributed by atoms with Crippen molar-refractivity contribution in [3.63, 3.8) is 0 Å². The zero-order chi connectivity index (χ0) is 27.7. The number of pyridine rings is 1. The molecule has 3 heteroatoms. The largest absolute Gasteiger partial charge is 0.231 e. The number of hydrogen-bond donors (Lipinski definition) is 0. The molecule has 0 saturated heterocycles. The van der Waals surface area contributed by atoms with E-state index in [4.69, 9.17) is 5.10 Å². The molecule has 0 spiro atoms. The predicted octanol–water partition coefficient (Wildman–Crippen LogP) is 9.93. The van der Waals surface area contributed by atoms with E-state index in [1.165, 1.54) is 28.3 Å². The summed E-state index contributed by atoms with van der Waals surface area (Å²) in [4.78, 5) is 0. The van der Waals surface area contributed by atoms with Gasteiger partial charge in [-0.2, -0.15) is 5.10 Å². The third-order valence-corrected chi connectivity index (χ3v) is 8.67. The normalized spacial score (nSPS) is 13.4. The summed E-state index contributed by atoms with van der Waals surface area (Å²) in [5.74, 6) is -0.259. The average molecular weight is 531 g/mol. The Labute approximate surface area is 238 Å². The highest BCUT2D eigenvalue weighted by atomic mass is 19.1. The number of hydrogen-bond acceptors (Lipinski definition) is 1. The highest BCUT2D eigenvalue weighted by Crippen LogP contribution is 2.50. The summed E-state index contributed by atoms with van der Waals surface area (Å²) in [6.07, 6.45) is 0. The fourth-order valence-corrected chi connectivity index (χ4v) is 6.67. The lowest BCUT2D eigenvalue weighted by molar-refractivity contribution is 0.630. The van der Waals surface area contributed by atoms with Crippen molar-refractivity contribution in [1.29, 1.82) is 0 Å². The van der Waals surface area contributed by atoms with E-state index < -0.39 is 0 Å². The van der Waals surface area contributed by atoms with Crippen LogP contribution < -0.4 is 0 Å². The molecule has 1 aliphatic rings. The maximum absolute atomic E-state index is 14.8. The van der Waals surface area contributed by atoms with Gasteiger partial charge in [0, 0.05) is 27.5 Å². The van der Waals surface area contributed by atoms with Crippen LogP contribution in [0.2, 0.25) is 0 Å². The van der Waals surface area contributed by atoms with Gasteiger partial charge in [-0.3, -0.25) is 0 Å². The van der Waals surface area contributed by atoms with Crippen molar-refractivity contribution in [2.45, 2.75) is 19.3 Å². The molecule has 0 saturated carbocycles. The molecule has 0 radical (unpaired) electrons. The van der Waals surface area contributed by atoms with Crippen molar-refractivity contribution in [2.24, 2.45) is 0 Å². The predicted molar refractivity (Wildman–Crippen MR) is 167 cm³/mol. The molecule has 0 fully saturated rings. The zero-order valence-corrected chi connectivity index (χ0v) is 22.9. The van der Waals surface area contributed by atoms with Crippen molar-refractivity contribution in [3.05, 3.63) is 144 Å². The quantitative estimate of drug-likeness (QED) is 0.222. The van der Waals surface area contributed by atoms with Crippen LogP contribution in [-0.2, 0) is 5.41 Å². The molecule has 2 nitrogen and oxygen atoms in total. The van der Waals surface area contributed by atoms with Crippen molar-refractivity contribution >= 4 is 16.3 Å². The molecule has 0 N–H and O–H groups in total. The minimum Gasteiger partial charge on any atom is -0.231 e. The molecule has 0 aliphatic heterocycles. The molecule has 2 aromatic heterocycles. The van der Waals surface area contributed by atoms with E-state index in [0.717, 1.165) is 49.9 Å². The van der Waals surface area contributed by atoms with Gasteiger partial charge in [0.05, 0.1) is 11.2 Å². The molecule has 0 amide bonds. The van der Waals surface area contributed by atoms with E-state index in [1.54, 1.807) is 6.07 Å². The van der Waals surface area contributed by atoms with Gasteiger partial charge in [0.15, 0.2) is 0 Å². The number of halogens is 1. The first-order chi connectivity index (χ1) is 20.0. The standard InChI is InChI=1S/C38H27FN2/c1-38(2)32-16-10-9-15-29(32)31-21-27(18-20-33(31)38)36-35(25-13-7-4-8-14-25)37-30-23-28(39)19-17-26(30)22-34(41(37)40-36)24-11-5-3-6-12-24/h3-23H,1-2H3. The summed E-state index contributed by atoms with van der Waals surface area (Å²) in [6.45, 7) is 4.59. The fourth-order valence-electron chi connectivity index (χ4n) is 6.67. The molecule has 41 heavy (non-hydrogen) atoms. The third kappa shape index (κ3) is 3.52. The van der Waals surface area contributed by atoms with Crippen LogP contribution in [0.4, 0.5) is 4.39 Å². The summed E-state index contributed by atoms with van der Waals surface area (Å²) in [5, 5.41) is 7.15. The molecule has 0 unspecified atom stereocenters. The summed E-state index contributed by atoms with van der Waals surface area (Å²) in [6, 6.07) is 43.3. The molecule has 196 valence electrons. The van der Waals surface area contributed by atoms with Crippen LogP contribution >= 0.6 is 0 Å². The second-order valence-electron chi connectivity index (χ2n) is 11.4. The molecular formula is C38H27FN2. The van der Waals surface area contributed by atoms with Gasteiger partial charge in [-0.25, -0.2) is 8.91 Å². The number of rotatable bonds is 3. The Hall–Kier alpha value is -5.02.